The van der Waals surface area contributed by atoms with E-state index in [4.69, 9.17) is 19.3 Å². The maximum absolute atomic E-state index is 11.7. The lowest BCUT2D eigenvalue weighted by molar-refractivity contribution is -0.139. The molecule has 2 N–H and O–H groups in total. The average molecular weight is 385 g/mol. The summed E-state index contributed by atoms with van der Waals surface area (Å²) in [7, 11) is 0. The van der Waals surface area contributed by atoms with Crippen molar-refractivity contribution < 1.29 is 28.9 Å². The largest absolute Gasteiger partial charge is 0.490 e. The number of benzene rings is 2. The van der Waals surface area contributed by atoms with Crippen molar-refractivity contribution in [2.24, 2.45) is 0 Å². The van der Waals surface area contributed by atoms with Crippen LogP contribution in [0.3, 0.4) is 0 Å². The number of para-hydroxylation sites is 1. The summed E-state index contributed by atoms with van der Waals surface area (Å²) >= 11 is 0. The van der Waals surface area contributed by atoms with Gasteiger partial charge in [-0.3, -0.25) is 0 Å². The molecule has 0 atom stereocenters. The summed E-state index contributed by atoms with van der Waals surface area (Å²) in [6.07, 6.45) is 2.90. The molecule has 0 spiro atoms. The third kappa shape index (κ3) is 7.03. The van der Waals surface area contributed by atoms with Gasteiger partial charge in [0, 0.05) is 12.1 Å². The molecule has 2 aromatic rings. The van der Waals surface area contributed by atoms with Crippen LogP contribution in [0.15, 0.2) is 54.6 Å². The molecular weight excluding hydrogens is 362 g/mol. The highest BCUT2D eigenvalue weighted by Crippen LogP contribution is 2.32. The van der Waals surface area contributed by atoms with Gasteiger partial charge in [0.25, 0.3) is 0 Å². The molecule has 0 aliphatic rings. The zero-order valence-corrected chi connectivity index (χ0v) is 15.6. The summed E-state index contributed by atoms with van der Waals surface area (Å²) < 4.78 is 16.0. The smallest absolute Gasteiger partial charge is 0.407 e. The Balaban J connectivity index is 1.90. The number of amides is 1. The van der Waals surface area contributed by atoms with E-state index in [9.17, 15) is 9.59 Å². The van der Waals surface area contributed by atoms with Crippen LogP contribution in [0.1, 0.15) is 18.1 Å². The van der Waals surface area contributed by atoms with Crippen LogP contribution in [0.2, 0.25) is 0 Å². The van der Waals surface area contributed by atoms with E-state index >= 15 is 0 Å². The molecule has 7 heteroatoms. The maximum atomic E-state index is 11.7. The van der Waals surface area contributed by atoms with Gasteiger partial charge in [0.1, 0.15) is 6.61 Å². The Bertz CT molecular complexity index is 804. The topological polar surface area (TPSA) is 94.1 Å². The van der Waals surface area contributed by atoms with Gasteiger partial charge in [-0.25, -0.2) is 9.59 Å². The molecule has 0 saturated carbocycles. The fourth-order valence-corrected chi connectivity index (χ4v) is 2.32. The van der Waals surface area contributed by atoms with Gasteiger partial charge in [0.15, 0.2) is 18.1 Å². The van der Waals surface area contributed by atoms with E-state index in [0.717, 1.165) is 5.56 Å². The van der Waals surface area contributed by atoms with Crippen molar-refractivity contribution in [1.29, 1.82) is 0 Å². The fourth-order valence-electron chi connectivity index (χ4n) is 2.32. The zero-order valence-electron chi connectivity index (χ0n) is 15.6. The summed E-state index contributed by atoms with van der Waals surface area (Å²) in [5, 5.41) is 11.5. The number of carboxylic acids is 1. The highest BCUT2D eigenvalue weighted by molar-refractivity contribution is 5.70. The van der Waals surface area contributed by atoms with Crippen LogP contribution in [0.25, 0.3) is 6.08 Å². The van der Waals surface area contributed by atoms with E-state index in [1.54, 1.807) is 30.4 Å². The number of alkyl carbamates (subject to hydrolysis) is 1. The Kier molecular flexibility index (Phi) is 8.39. The molecule has 0 bridgehead atoms. The van der Waals surface area contributed by atoms with E-state index in [0.29, 0.717) is 23.7 Å². The first-order chi connectivity index (χ1) is 13.6. The first-order valence-corrected chi connectivity index (χ1v) is 8.81. The van der Waals surface area contributed by atoms with Crippen LogP contribution in [0.4, 0.5) is 4.79 Å². The normalized spacial score (nSPS) is 10.5. The van der Waals surface area contributed by atoms with Gasteiger partial charge in [0.2, 0.25) is 0 Å². The van der Waals surface area contributed by atoms with Crippen molar-refractivity contribution in [3.8, 4) is 11.5 Å². The van der Waals surface area contributed by atoms with Crippen molar-refractivity contribution >= 4 is 18.1 Å². The number of rotatable bonds is 10. The number of hydrogen-bond acceptors (Lipinski definition) is 5. The third-order valence-electron chi connectivity index (χ3n) is 3.52. The third-order valence-corrected chi connectivity index (χ3v) is 3.52. The molecule has 0 saturated heterocycles. The van der Waals surface area contributed by atoms with Crippen LogP contribution in [0.5, 0.6) is 11.5 Å². The summed E-state index contributed by atoms with van der Waals surface area (Å²) in [5.74, 6) is -0.278. The first kappa shape index (κ1) is 20.8. The van der Waals surface area contributed by atoms with E-state index in [1.165, 1.54) is 0 Å². The SMILES string of the molecule is CCOc1cccc(C=CCNC(=O)OCc2ccccc2)c1OCC(=O)O. The van der Waals surface area contributed by atoms with Gasteiger partial charge in [-0.2, -0.15) is 0 Å². The maximum Gasteiger partial charge on any atom is 0.407 e. The Morgan fingerprint density at radius 3 is 2.57 bits per heavy atom. The molecule has 0 fully saturated rings. The Hall–Kier alpha value is -3.48. The van der Waals surface area contributed by atoms with Crippen molar-refractivity contribution in [2.45, 2.75) is 13.5 Å². The molecule has 0 aliphatic heterocycles. The Morgan fingerprint density at radius 2 is 1.86 bits per heavy atom. The Labute approximate surface area is 163 Å². The molecular formula is C21H23NO6. The minimum Gasteiger partial charge on any atom is -0.490 e. The number of aliphatic carboxylic acids is 1. The second kappa shape index (κ2) is 11.3. The highest BCUT2D eigenvalue weighted by atomic mass is 16.5. The molecule has 2 rings (SSSR count). The lowest BCUT2D eigenvalue weighted by atomic mass is 10.1. The molecule has 0 aromatic heterocycles. The lowest BCUT2D eigenvalue weighted by Crippen LogP contribution is -2.24. The molecule has 0 unspecified atom stereocenters. The zero-order chi connectivity index (χ0) is 20.2. The molecule has 7 nitrogen and oxygen atoms in total. The van der Waals surface area contributed by atoms with Crippen LogP contribution < -0.4 is 14.8 Å². The first-order valence-electron chi connectivity index (χ1n) is 8.81. The van der Waals surface area contributed by atoms with Gasteiger partial charge in [-0.05, 0) is 18.6 Å². The summed E-state index contributed by atoms with van der Waals surface area (Å²) in [4.78, 5) is 22.5. The predicted octanol–water partition coefficient (Wildman–Crippen LogP) is 3.49. The molecule has 0 aliphatic carbocycles. The van der Waals surface area contributed by atoms with Gasteiger partial charge >= 0.3 is 12.1 Å². The molecule has 0 radical (unpaired) electrons. The molecule has 28 heavy (non-hydrogen) atoms. The number of ether oxygens (including phenoxy) is 3. The van der Waals surface area contributed by atoms with Gasteiger partial charge < -0.3 is 24.6 Å². The van der Waals surface area contributed by atoms with E-state index in [-0.39, 0.29) is 13.2 Å². The number of nitrogens with one attached hydrogen (secondary N) is 1. The van der Waals surface area contributed by atoms with E-state index < -0.39 is 18.7 Å². The lowest BCUT2D eigenvalue weighted by Gasteiger charge is -2.13. The summed E-state index contributed by atoms with van der Waals surface area (Å²) in [6, 6.07) is 14.6. The minimum absolute atomic E-state index is 0.194. The summed E-state index contributed by atoms with van der Waals surface area (Å²) in [6.45, 7) is 2.21. The van der Waals surface area contributed by atoms with Crippen LogP contribution in [0, 0.1) is 0 Å². The van der Waals surface area contributed by atoms with E-state index in [2.05, 4.69) is 5.32 Å². The Morgan fingerprint density at radius 1 is 1.07 bits per heavy atom. The van der Waals surface area contributed by atoms with Crippen LogP contribution in [-0.2, 0) is 16.1 Å². The molecule has 2 aromatic carbocycles. The van der Waals surface area contributed by atoms with Gasteiger partial charge in [-0.1, -0.05) is 54.6 Å². The van der Waals surface area contributed by atoms with Crippen molar-refractivity contribution in [2.75, 3.05) is 19.8 Å². The standard InChI is InChI=1S/C21H23NO6/c1-2-26-18-12-6-10-17(20(18)27-15-19(23)24)11-7-13-22-21(25)28-14-16-8-4-3-5-9-16/h3-12H,2,13-15H2,1H3,(H,22,25)(H,23,24). The van der Waals surface area contributed by atoms with Crippen molar-refractivity contribution in [3.05, 3.63) is 65.7 Å². The summed E-state index contributed by atoms with van der Waals surface area (Å²) in [5.41, 5.74) is 1.55. The number of carboxylic acid groups (broad SMARTS) is 1. The number of hydrogen-bond donors (Lipinski definition) is 2. The number of carbonyl (C=O) groups is 2. The molecule has 0 heterocycles. The molecule has 148 valence electrons. The van der Waals surface area contributed by atoms with Crippen molar-refractivity contribution in [1.82, 2.24) is 5.32 Å². The van der Waals surface area contributed by atoms with Gasteiger partial charge in [-0.15, -0.1) is 0 Å². The number of carbonyl (C=O) groups excluding carboxylic acids is 1. The highest BCUT2D eigenvalue weighted by Gasteiger charge is 2.11. The predicted molar refractivity (Wildman–Crippen MR) is 104 cm³/mol. The average Bonchev–Trinajstić information content (AvgIpc) is 2.70. The second-order valence-electron chi connectivity index (χ2n) is 5.63. The van der Waals surface area contributed by atoms with Crippen molar-refractivity contribution in [3.63, 3.8) is 0 Å². The quantitative estimate of drug-likeness (QED) is 0.650. The minimum atomic E-state index is -1.08. The molecule has 1 amide bonds. The fraction of sp³-hybridized carbons (Fsp3) is 0.238. The van der Waals surface area contributed by atoms with Crippen LogP contribution in [-0.4, -0.2) is 36.9 Å². The van der Waals surface area contributed by atoms with Crippen LogP contribution >= 0.6 is 0 Å². The second-order valence-corrected chi connectivity index (χ2v) is 5.63. The van der Waals surface area contributed by atoms with Gasteiger partial charge in [0.05, 0.1) is 6.61 Å². The monoisotopic (exact) mass is 385 g/mol. The van der Waals surface area contributed by atoms with E-state index in [1.807, 2.05) is 37.3 Å².